The fraction of sp³-hybridized carbons (Fsp3) is 0.250. The van der Waals surface area contributed by atoms with Gasteiger partial charge in [-0.05, 0) is 24.6 Å². The number of hydrogen-bond acceptors (Lipinski definition) is 5. The molecule has 1 N–H and O–H groups in total. The largest absolute Gasteiger partial charge is 0.458 e. The van der Waals surface area contributed by atoms with Gasteiger partial charge in [0.2, 0.25) is 0 Å². The molecular formula is C20H16N2O4. The van der Waals surface area contributed by atoms with Crippen LogP contribution in [0.3, 0.4) is 0 Å². The van der Waals surface area contributed by atoms with E-state index in [0.29, 0.717) is 11.2 Å². The summed E-state index contributed by atoms with van der Waals surface area (Å²) >= 11 is 0. The smallest absolute Gasteiger partial charge is 0.343 e. The average Bonchev–Trinajstić information content (AvgIpc) is 2.90. The van der Waals surface area contributed by atoms with Crippen LogP contribution in [0, 0.1) is 0 Å². The molecule has 2 aliphatic rings. The van der Waals surface area contributed by atoms with Gasteiger partial charge in [-0.1, -0.05) is 25.1 Å². The molecule has 0 bridgehead atoms. The van der Waals surface area contributed by atoms with Crippen LogP contribution in [0.1, 0.15) is 32.8 Å². The molecule has 2 aliphatic heterocycles. The Hall–Kier alpha value is -2.99. The topological polar surface area (TPSA) is 81.4 Å². The average molecular weight is 350 g/mol. The van der Waals surface area contributed by atoms with Crippen molar-refractivity contribution in [1.82, 2.24) is 9.55 Å². The zero-order chi connectivity index (χ0) is 19.8. The van der Waals surface area contributed by atoms with Crippen molar-refractivity contribution < 1.29 is 17.4 Å². The predicted octanol–water partition coefficient (Wildman–Crippen LogP) is 2.08. The first-order valence-electron chi connectivity index (χ1n) is 9.39. The maximum absolute atomic E-state index is 13.2. The fourth-order valence-electron chi connectivity index (χ4n) is 3.66. The molecule has 6 nitrogen and oxygen atoms in total. The maximum atomic E-state index is 13.2. The minimum Gasteiger partial charge on any atom is -0.458 e. The van der Waals surface area contributed by atoms with Gasteiger partial charge in [0.05, 0.1) is 31.7 Å². The number of esters is 1. The van der Waals surface area contributed by atoms with Gasteiger partial charge in [0.15, 0.2) is 5.60 Å². The molecule has 6 heteroatoms. The highest BCUT2D eigenvalue weighted by Crippen LogP contribution is 2.38. The Balaban J connectivity index is 1.89. The number of cyclic esters (lactones) is 1. The van der Waals surface area contributed by atoms with E-state index in [2.05, 4.69) is 4.98 Å². The van der Waals surface area contributed by atoms with Crippen LogP contribution >= 0.6 is 0 Å². The van der Waals surface area contributed by atoms with E-state index in [1.165, 1.54) is 6.07 Å². The first kappa shape index (κ1) is 13.2. The van der Waals surface area contributed by atoms with Crippen molar-refractivity contribution >= 4 is 16.9 Å². The molecule has 1 atom stereocenters. The lowest BCUT2D eigenvalue weighted by Crippen LogP contribution is -2.44. The summed E-state index contributed by atoms with van der Waals surface area (Å²) in [7, 11) is 0. The number of carbonyl (C=O) groups excluding carboxylic acids is 1. The Morgan fingerprint density at radius 3 is 2.96 bits per heavy atom. The standard InChI is InChI=1S/C20H16N2O4/c1-2-20(25)14-8-16-17-12(7-11-5-3-4-6-15(11)21-17)9-22(16)18(23)13(14)10-26-19(20)24/h3-8,25H,2,9-10H2,1H3/t20-/m0/s1/i9D2. The minimum atomic E-state index is -2.11. The van der Waals surface area contributed by atoms with Crippen LogP contribution in [-0.4, -0.2) is 20.6 Å². The molecule has 1 aromatic carbocycles. The van der Waals surface area contributed by atoms with Gasteiger partial charge in [-0.25, -0.2) is 9.78 Å². The van der Waals surface area contributed by atoms with Gasteiger partial charge in [-0.3, -0.25) is 4.79 Å². The van der Waals surface area contributed by atoms with E-state index in [1.807, 2.05) is 24.3 Å². The second-order valence-electron chi connectivity index (χ2n) is 6.54. The lowest BCUT2D eigenvalue weighted by molar-refractivity contribution is -0.172. The summed E-state index contributed by atoms with van der Waals surface area (Å²) in [5.41, 5.74) is -0.779. The van der Waals surface area contributed by atoms with E-state index in [4.69, 9.17) is 7.48 Å². The van der Waals surface area contributed by atoms with E-state index in [0.717, 1.165) is 9.95 Å². The molecule has 0 fully saturated rings. The van der Waals surface area contributed by atoms with E-state index >= 15 is 0 Å². The second-order valence-corrected chi connectivity index (χ2v) is 6.54. The number of para-hydroxylation sites is 1. The summed E-state index contributed by atoms with van der Waals surface area (Å²) in [6.45, 7) is -0.781. The molecule has 0 amide bonds. The summed E-state index contributed by atoms with van der Waals surface area (Å²) in [4.78, 5) is 30.0. The molecule has 2 aromatic heterocycles. The zero-order valence-electron chi connectivity index (χ0n) is 15.9. The molecule has 0 spiro atoms. The van der Waals surface area contributed by atoms with Crippen LogP contribution in [0.5, 0.6) is 0 Å². The third-order valence-electron chi connectivity index (χ3n) is 5.15. The van der Waals surface area contributed by atoms with Gasteiger partial charge in [0, 0.05) is 16.5 Å². The molecule has 0 saturated carbocycles. The molecule has 0 saturated heterocycles. The third kappa shape index (κ3) is 1.82. The van der Waals surface area contributed by atoms with Crippen molar-refractivity contribution in [1.29, 1.82) is 0 Å². The van der Waals surface area contributed by atoms with Crippen LogP contribution in [0.25, 0.3) is 22.3 Å². The Bertz CT molecular complexity index is 1250. The van der Waals surface area contributed by atoms with Crippen molar-refractivity contribution in [3.63, 3.8) is 0 Å². The monoisotopic (exact) mass is 350 g/mol. The lowest BCUT2D eigenvalue weighted by atomic mass is 9.86. The van der Waals surface area contributed by atoms with Gasteiger partial charge in [-0.2, -0.15) is 0 Å². The first-order chi connectivity index (χ1) is 13.3. The molecule has 3 aromatic rings. The Morgan fingerprint density at radius 2 is 2.15 bits per heavy atom. The first-order valence-corrected chi connectivity index (χ1v) is 8.39. The van der Waals surface area contributed by atoms with Gasteiger partial charge in [0.25, 0.3) is 5.56 Å². The van der Waals surface area contributed by atoms with E-state index < -0.39 is 23.6 Å². The van der Waals surface area contributed by atoms with Crippen LogP contribution in [0.15, 0.2) is 41.2 Å². The van der Waals surface area contributed by atoms with Crippen LogP contribution in [0.2, 0.25) is 0 Å². The Kier molecular flexibility index (Phi) is 2.56. The number of aromatic nitrogens is 2. The molecule has 0 aliphatic carbocycles. The summed E-state index contributed by atoms with van der Waals surface area (Å²) in [6, 6.07) is 10.5. The van der Waals surface area contributed by atoms with E-state index in [1.54, 1.807) is 13.0 Å². The highest BCUT2D eigenvalue weighted by atomic mass is 16.6. The predicted molar refractivity (Wildman–Crippen MR) is 94.5 cm³/mol. The quantitative estimate of drug-likeness (QED) is 0.680. The van der Waals surface area contributed by atoms with Gasteiger partial charge in [0.1, 0.15) is 6.61 Å². The molecule has 130 valence electrons. The van der Waals surface area contributed by atoms with E-state index in [-0.39, 0.29) is 35.4 Å². The Morgan fingerprint density at radius 1 is 1.35 bits per heavy atom. The number of benzene rings is 1. The SMILES string of the molecule is [2H]C1([2H])c2cc3ccccc3nc2-c2cc3c(c(=O)n21)COC(=O)[C@]3(O)CC. The molecule has 26 heavy (non-hydrogen) atoms. The number of ether oxygens (including phenoxy) is 1. The highest BCUT2D eigenvalue weighted by Gasteiger charge is 2.45. The van der Waals surface area contributed by atoms with Crippen LogP contribution in [0.4, 0.5) is 0 Å². The van der Waals surface area contributed by atoms with Gasteiger partial charge in [-0.15, -0.1) is 0 Å². The molecule has 0 unspecified atom stereocenters. The normalized spacial score (nSPS) is 23.5. The fourth-order valence-corrected chi connectivity index (χ4v) is 3.66. The lowest BCUT2D eigenvalue weighted by Gasteiger charge is -2.31. The van der Waals surface area contributed by atoms with Crippen molar-refractivity contribution in [2.75, 3.05) is 0 Å². The maximum Gasteiger partial charge on any atom is 0.343 e. The van der Waals surface area contributed by atoms with Gasteiger partial charge < -0.3 is 14.4 Å². The zero-order valence-corrected chi connectivity index (χ0v) is 13.9. The molecule has 4 heterocycles. The van der Waals surface area contributed by atoms with Crippen LogP contribution in [-0.2, 0) is 28.2 Å². The molecular weight excluding hydrogens is 332 g/mol. The second kappa shape index (κ2) is 5.02. The van der Waals surface area contributed by atoms with Crippen molar-refractivity contribution in [3.8, 4) is 11.4 Å². The summed E-state index contributed by atoms with van der Waals surface area (Å²) in [6.07, 6.45) is 0.0344. The van der Waals surface area contributed by atoms with Crippen LogP contribution < -0.4 is 5.56 Å². The number of hydrogen-bond donors (Lipinski definition) is 1. The number of rotatable bonds is 1. The highest BCUT2D eigenvalue weighted by molar-refractivity contribution is 5.86. The number of carbonyl (C=O) groups is 1. The number of fused-ring (bicyclic) bond motifs is 5. The molecule has 5 rings (SSSR count). The summed E-state index contributed by atoms with van der Waals surface area (Å²) in [5.74, 6) is -0.806. The summed E-state index contributed by atoms with van der Waals surface area (Å²) < 4.78 is 23.2. The molecule has 0 radical (unpaired) electrons. The summed E-state index contributed by atoms with van der Waals surface area (Å²) in [5, 5.41) is 11.6. The number of nitrogens with zero attached hydrogens (tertiary/aromatic N) is 2. The number of pyridine rings is 2. The minimum absolute atomic E-state index is 0.0344. The van der Waals surface area contributed by atoms with Crippen molar-refractivity contribution in [2.24, 2.45) is 0 Å². The van der Waals surface area contributed by atoms with Gasteiger partial charge >= 0.3 is 5.97 Å². The third-order valence-corrected chi connectivity index (χ3v) is 5.15. The van der Waals surface area contributed by atoms with Crippen molar-refractivity contribution in [2.45, 2.75) is 32.0 Å². The number of aliphatic hydroxyl groups is 1. The Labute approximate surface area is 151 Å². The van der Waals surface area contributed by atoms with E-state index in [9.17, 15) is 14.7 Å². The van der Waals surface area contributed by atoms with Crippen molar-refractivity contribution in [3.05, 3.63) is 63.4 Å².